The molecule has 2 N–H and O–H groups in total. The van der Waals surface area contributed by atoms with E-state index in [2.05, 4.69) is 47.6 Å². The molecule has 0 aliphatic rings. The van der Waals surface area contributed by atoms with Crippen molar-refractivity contribution in [1.29, 1.82) is 0 Å². The van der Waals surface area contributed by atoms with Crippen LogP contribution in [0.1, 0.15) is 52.7 Å². The molecule has 2 nitrogen and oxygen atoms in total. The van der Waals surface area contributed by atoms with E-state index in [0.29, 0.717) is 15.9 Å². The Balaban J connectivity index is 2.54. The first-order valence-electron chi connectivity index (χ1n) is 10.1. The van der Waals surface area contributed by atoms with Crippen molar-refractivity contribution in [3.8, 4) is 0 Å². The molecule has 0 saturated heterocycles. The molecule has 0 radical (unpaired) electrons. The normalized spacial score (nSPS) is 14.3. The van der Waals surface area contributed by atoms with E-state index in [1.165, 1.54) is 0 Å². The molecule has 0 saturated carbocycles. The standard InChI is InChI=1S/C26H33O2P/c1-25(2,3)22-18-13-19-23(24(22)26(4,5)6)29(27,28,20-14-9-7-10-15-20)21-16-11-8-12-17-21/h7-19,27-28H,1-6H3. The second kappa shape index (κ2) is 7.06. The van der Waals surface area contributed by atoms with Crippen LogP contribution >= 0.6 is 7.06 Å². The molecule has 0 unspecified atom stereocenters. The first-order chi connectivity index (χ1) is 13.4. The van der Waals surface area contributed by atoms with Gasteiger partial charge in [-0.05, 0) is 0 Å². The Morgan fingerprint density at radius 3 is 1.38 bits per heavy atom. The monoisotopic (exact) mass is 408 g/mol. The van der Waals surface area contributed by atoms with Gasteiger partial charge < -0.3 is 0 Å². The van der Waals surface area contributed by atoms with Gasteiger partial charge in [0.25, 0.3) is 0 Å². The molecular formula is C26H33O2P. The van der Waals surface area contributed by atoms with Gasteiger partial charge in [-0.3, -0.25) is 0 Å². The van der Waals surface area contributed by atoms with Crippen molar-refractivity contribution in [2.45, 2.75) is 52.4 Å². The van der Waals surface area contributed by atoms with Gasteiger partial charge in [-0.2, -0.15) is 0 Å². The summed E-state index contributed by atoms with van der Waals surface area (Å²) in [5, 5.41) is 1.75. The number of hydrogen-bond donors (Lipinski definition) is 2. The van der Waals surface area contributed by atoms with E-state index in [-0.39, 0.29) is 10.8 Å². The van der Waals surface area contributed by atoms with E-state index in [9.17, 15) is 9.79 Å². The second-order valence-corrected chi connectivity index (χ2v) is 13.5. The zero-order valence-electron chi connectivity index (χ0n) is 18.3. The van der Waals surface area contributed by atoms with Crippen molar-refractivity contribution in [3.05, 3.63) is 90.0 Å². The van der Waals surface area contributed by atoms with Gasteiger partial charge in [-0.25, -0.2) is 0 Å². The van der Waals surface area contributed by atoms with Crippen LogP contribution in [0.25, 0.3) is 0 Å². The molecule has 0 aliphatic carbocycles. The SMILES string of the molecule is CC(C)(C)c1cccc(P(O)(O)(c2ccccc2)c2ccccc2)c1C(C)(C)C. The number of rotatable bonds is 3. The van der Waals surface area contributed by atoms with Crippen LogP contribution < -0.4 is 15.9 Å². The van der Waals surface area contributed by atoms with E-state index in [4.69, 9.17) is 0 Å². The van der Waals surface area contributed by atoms with Crippen molar-refractivity contribution < 1.29 is 9.79 Å². The molecule has 154 valence electrons. The van der Waals surface area contributed by atoms with E-state index >= 15 is 0 Å². The zero-order valence-corrected chi connectivity index (χ0v) is 19.2. The molecule has 0 spiro atoms. The minimum atomic E-state index is -4.65. The summed E-state index contributed by atoms with van der Waals surface area (Å²) < 4.78 is 0. The van der Waals surface area contributed by atoms with Crippen LogP contribution in [0.4, 0.5) is 0 Å². The second-order valence-electron chi connectivity index (χ2n) is 9.90. The van der Waals surface area contributed by atoms with Crippen LogP contribution in [0, 0.1) is 0 Å². The Hall–Kier alpha value is -1.99. The molecule has 0 atom stereocenters. The maximum absolute atomic E-state index is 12.5. The average Bonchev–Trinajstić information content (AvgIpc) is 2.67. The Morgan fingerprint density at radius 1 is 0.552 bits per heavy atom. The summed E-state index contributed by atoms with van der Waals surface area (Å²) in [7, 11) is -4.65. The van der Waals surface area contributed by atoms with Gasteiger partial charge >= 0.3 is 175 Å². The van der Waals surface area contributed by atoms with Crippen LogP contribution in [-0.2, 0) is 10.8 Å². The Kier molecular flexibility index (Phi) is 5.28. The third-order valence-electron chi connectivity index (χ3n) is 5.55. The molecule has 0 aromatic heterocycles. The van der Waals surface area contributed by atoms with E-state index in [1.807, 2.05) is 72.8 Å². The molecule has 3 heteroatoms. The van der Waals surface area contributed by atoms with Gasteiger partial charge in [0.2, 0.25) is 0 Å². The van der Waals surface area contributed by atoms with Gasteiger partial charge in [0, 0.05) is 0 Å². The fraction of sp³-hybridized carbons (Fsp3) is 0.308. The van der Waals surface area contributed by atoms with Crippen molar-refractivity contribution >= 4 is 23.0 Å². The van der Waals surface area contributed by atoms with Gasteiger partial charge in [-0.1, -0.05) is 0 Å². The predicted octanol–water partition coefficient (Wildman–Crippen LogP) is 4.93. The van der Waals surface area contributed by atoms with Gasteiger partial charge in [-0.15, -0.1) is 0 Å². The molecule has 0 fully saturated rings. The van der Waals surface area contributed by atoms with Crippen LogP contribution in [0.15, 0.2) is 78.9 Å². The third kappa shape index (κ3) is 3.66. The van der Waals surface area contributed by atoms with Gasteiger partial charge in [0.05, 0.1) is 0 Å². The fourth-order valence-electron chi connectivity index (χ4n) is 4.15. The topological polar surface area (TPSA) is 40.5 Å². The van der Waals surface area contributed by atoms with Crippen LogP contribution in [0.5, 0.6) is 0 Å². The molecule has 0 aliphatic heterocycles. The van der Waals surface area contributed by atoms with Crippen LogP contribution in [-0.4, -0.2) is 9.79 Å². The third-order valence-corrected chi connectivity index (χ3v) is 9.39. The number of hydrogen-bond acceptors (Lipinski definition) is 2. The van der Waals surface area contributed by atoms with Crippen LogP contribution in [0.3, 0.4) is 0 Å². The maximum atomic E-state index is 12.5. The summed E-state index contributed by atoms with van der Waals surface area (Å²) in [4.78, 5) is 25.0. The zero-order chi connectivity index (χ0) is 21.5. The average molecular weight is 409 g/mol. The predicted molar refractivity (Wildman–Crippen MR) is 127 cm³/mol. The Morgan fingerprint density at radius 2 is 1.00 bits per heavy atom. The Bertz CT molecular complexity index is 951. The summed E-state index contributed by atoms with van der Waals surface area (Å²) in [6.45, 7) is 13.0. The molecular weight excluding hydrogens is 375 g/mol. The summed E-state index contributed by atoms with van der Waals surface area (Å²) in [6.07, 6.45) is 0. The summed E-state index contributed by atoms with van der Waals surface area (Å²) in [6, 6.07) is 24.6. The van der Waals surface area contributed by atoms with Crippen molar-refractivity contribution in [2.24, 2.45) is 0 Å². The Labute approximate surface area is 175 Å². The molecule has 0 bridgehead atoms. The first kappa shape index (κ1) is 21.7. The molecule has 0 heterocycles. The molecule has 3 aromatic carbocycles. The quantitative estimate of drug-likeness (QED) is 0.604. The van der Waals surface area contributed by atoms with Crippen molar-refractivity contribution in [1.82, 2.24) is 0 Å². The minimum absolute atomic E-state index is 0.129. The van der Waals surface area contributed by atoms with Crippen LogP contribution in [0.2, 0.25) is 0 Å². The van der Waals surface area contributed by atoms with Gasteiger partial charge in [0.15, 0.2) is 0 Å². The molecule has 0 amide bonds. The summed E-state index contributed by atoms with van der Waals surface area (Å²) in [5.74, 6) is 0. The number of benzene rings is 3. The van der Waals surface area contributed by atoms with E-state index in [0.717, 1.165) is 11.1 Å². The summed E-state index contributed by atoms with van der Waals surface area (Å²) in [5.41, 5.74) is 1.77. The van der Waals surface area contributed by atoms with Crippen molar-refractivity contribution in [2.75, 3.05) is 0 Å². The van der Waals surface area contributed by atoms with E-state index in [1.54, 1.807) is 0 Å². The summed E-state index contributed by atoms with van der Waals surface area (Å²) >= 11 is 0. The van der Waals surface area contributed by atoms with E-state index < -0.39 is 7.06 Å². The van der Waals surface area contributed by atoms with Crippen molar-refractivity contribution in [3.63, 3.8) is 0 Å². The fourth-order valence-corrected chi connectivity index (χ4v) is 7.73. The first-order valence-corrected chi connectivity index (χ1v) is 12.3. The molecule has 3 rings (SSSR count). The van der Waals surface area contributed by atoms with Gasteiger partial charge in [0.1, 0.15) is 0 Å². The molecule has 3 aromatic rings. The molecule has 29 heavy (non-hydrogen) atoms.